The Labute approximate surface area is 102 Å². The van der Waals surface area contributed by atoms with E-state index in [1.165, 1.54) is 24.7 Å². The number of benzene rings is 1. The van der Waals surface area contributed by atoms with Gasteiger partial charge in [-0.1, -0.05) is 6.07 Å². The fourth-order valence-electron chi connectivity index (χ4n) is 1.42. The lowest BCUT2D eigenvalue weighted by atomic mass is 10.1. The van der Waals surface area contributed by atoms with Gasteiger partial charge < -0.3 is 10.4 Å². The molecule has 18 heavy (non-hydrogen) atoms. The van der Waals surface area contributed by atoms with Crippen molar-refractivity contribution in [2.24, 2.45) is 0 Å². The largest absolute Gasteiger partial charge is 0.507 e. The Morgan fingerprint density at radius 3 is 2.89 bits per heavy atom. The van der Waals surface area contributed by atoms with Gasteiger partial charge in [0.15, 0.2) is 0 Å². The van der Waals surface area contributed by atoms with Crippen molar-refractivity contribution in [2.45, 2.75) is 6.54 Å². The van der Waals surface area contributed by atoms with Gasteiger partial charge in [0.1, 0.15) is 23.5 Å². The lowest BCUT2D eigenvalue weighted by Gasteiger charge is -2.07. The van der Waals surface area contributed by atoms with Crippen LogP contribution in [0.2, 0.25) is 0 Å². The third-order valence-electron chi connectivity index (χ3n) is 2.29. The first kappa shape index (κ1) is 12.0. The highest BCUT2D eigenvalue weighted by Crippen LogP contribution is 2.19. The summed E-state index contributed by atoms with van der Waals surface area (Å²) >= 11 is 0. The van der Waals surface area contributed by atoms with Crippen LogP contribution in [0.1, 0.15) is 16.1 Å². The second kappa shape index (κ2) is 5.22. The molecule has 0 bridgehead atoms. The summed E-state index contributed by atoms with van der Waals surface area (Å²) < 4.78 is 13.4. The van der Waals surface area contributed by atoms with Crippen LogP contribution in [0.25, 0.3) is 0 Å². The summed E-state index contributed by atoms with van der Waals surface area (Å²) in [5.41, 5.74) is 0.223. The third kappa shape index (κ3) is 2.60. The SMILES string of the molecule is O=C(NCc1ccncn1)c1c(O)cccc1F. The number of carbonyl (C=O) groups is 1. The van der Waals surface area contributed by atoms with Gasteiger partial charge in [-0.2, -0.15) is 0 Å². The van der Waals surface area contributed by atoms with Gasteiger partial charge in [0, 0.05) is 6.20 Å². The van der Waals surface area contributed by atoms with Crippen molar-refractivity contribution in [3.63, 3.8) is 0 Å². The van der Waals surface area contributed by atoms with E-state index in [-0.39, 0.29) is 12.1 Å². The van der Waals surface area contributed by atoms with Crippen molar-refractivity contribution in [2.75, 3.05) is 0 Å². The molecule has 1 aromatic heterocycles. The molecule has 6 heteroatoms. The summed E-state index contributed by atoms with van der Waals surface area (Å²) in [5.74, 6) is -1.85. The lowest BCUT2D eigenvalue weighted by Crippen LogP contribution is -2.24. The number of halogens is 1. The number of nitrogens with one attached hydrogen (secondary N) is 1. The molecule has 1 amide bonds. The zero-order chi connectivity index (χ0) is 13.0. The summed E-state index contributed by atoms with van der Waals surface area (Å²) in [6.07, 6.45) is 2.89. The molecule has 5 nitrogen and oxygen atoms in total. The van der Waals surface area contributed by atoms with E-state index in [0.29, 0.717) is 5.69 Å². The molecule has 0 radical (unpaired) electrons. The Morgan fingerprint density at radius 2 is 2.22 bits per heavy atom. The number of phenols is 1. The minimum Gasteiger partial charge on any atom is -0.507 e. The molecule has 0 aliphatic rings. The first-order valence-electron chi connectivity index (χ1n) is 5.19. The molecule has 1 heterocycles. The number of nitrogens with zero attached hydrogens (tertiary/aromatic N) is 2. The second-order valence-electron chi connectivity index (χ2n) is 3.52. The van der Waals surface area contributed by atoms with Crippen LogP contribution in [-0.4, -0.2) is 21.0 Å². The topological polar surface area (TPSA) is 75.1 Å². The van der Waals surface area contributed by atoms with Crippen LogP contribution in [0.15, 0.2) is 36.8 Å². The maximum atomic E-state index is 13.4. The average molecular weight is 247 g/mol. The lowest BCUT2D eigenvalue weighted by molar-refractivity contribution is 0.0943. The van der Waals surface area contributed by atoms with Gasteiger partial charge in [0.25, 0.3) is 5.91 Å². The molecular weight excluding hydrogens is 237 g/mol. The summed E-state index contributed by atoms with van der Waals surface area (Å²) in [5, 5.41) is 11.9. The molecule has 2 rings (SSSR count). The van der Waals surface area contributed by atoms with Crippen LogP contribution in [0.5, 0.6) is 5.75 Å². The van der Waals surface area contributed by atoms with Crippen LogP contribution < -0.4 is 5.32 Å². The summed E-state index contributed by atoms with van der Waals surface area (Å²) in [6.45, 7) is 0.134. The minimum absolute atomic E-state index is 0.134. The van der Waals surface area contributed by atoms with Gasteiger partial charge in [-0.25, -0.2) is 14.4 Å². The number of rotatable bonds is 3. The molecule has 0 fully saturated rings. The number of phenolic OH excluding ortho intramolecular Hbond substituents is 1. The average Bonchev–Trinajstić information content (AvgIpc) is 2.37. The summed E-state index contributed by atoms with van der Waals surface area (Å²) in [4.78, 5) is 19.3. The van der Waals surface area contributed by atoms with E-state index in [0.717, 1.165) is 6.07 Å². The number of hydrogen-bond donors (Lipinski definition) is 2. The van der Waals surface area contributed by atoms with E-state index < -0.39 is 17.5 Å². The fourth-order valence-corrected chi connectivity index (χ4v) is 1.42. The molecule has 0 saturated carbocycles. The van der Waals surface area contributed by atoms with Crippen molar-refractivity contribution in [1.29, 1.82) is 0 Å². The summed E-state index contributed by atoms with van der Waals surface area (Å²) in [6, 6.07) is 5.31. The van der Waals surface area contributed by atoms with Crippen molar-refractivity contribution in [1.82, 2.24) is 15.3 Å². The van der Waals surface area contributed by atoms with Gasteiger partial charge in [-0.15, -0.1) is 0 Å². The zero-order valence-electron chi connectivity index (χ0n) is 9.30. The van der Waals surface area contributed by atoms with E-state index in [1.807, 2.05) is 0 Å². The maximum absolute atomic E-state index is 13.4. The molecule has 2 aromatic rings. The number of hydrogen-bond acceptors (Lipinski definition) is 4. The molecule has 92 valence electrons. The molecule has 0 saturated heterocycles. The van der Waals surface area contributed by atoms with Gasteiger partial charge in [-0.3, -0.25) is 4.79 Å². The van der Waals surface area contributed by atoms with Crippen LogP contribution in [0.3, 0.4) is 0 Å². The molecule has 0 atom stereocenters. The third-order valence-corrected chi connectivity index (χ3v) is 2.29. The maximum Gasteiger partial charge on any atom is 0.258 e. The van der Waals surface area contributed by atoms with E-state index in [1.54, 1.807) is 6.07 Å². The van der Waals surface area contributed by atoms with Crippen LogP contribution in [0, 0.1) is 5.82 Å². The number of amides is 1. The van der Waals surface area contributed by atoms with Gasteiger partial charge in [-0.05, 0) is 18.2 Å². The Morgan fingerprint density at radius 1 is 1.39 bits per heavy atom. The highest BCUT2D eigenvalue weighted by Gasteiger charge is 2.15. The van der Waals surface area contributed by atoms with Crippen LogP contribution in [0.4, 0.5) is 4.39 Å². The minimum atomic E-state index is -0.768. The molecule has 2 N–H and O–H groups in total. The molecule has 1 aromatic carbocycles. The summed E-state index contributed by atoms with van der Waals surface area (Å²) in [7, 11) is 0. The van der Waals surface area contributed by atoms with E-state index >= 15 is 0 Å². The normalized spacial score (nSPS) is 10.1. The van der Waals surface area contributed by atoms with E-state index in [4.69, 9.17) is 0 Å². The van der Waals surface area contributed by atoms with E-state index in [9.17, 15) is 14.3 Å². The number of aromatic nitrogens is 2. The van der Waals surface area contributed by atoms with Crippen LogP contribution >= 0.6 is 0 Å². The first-order valence-corrected chi connectivity index (χ1v) is 5.19. The van der Waals surface area contributed by atoms with Crippen LogP contribution in [-0.2, 0) is 6.54 Å². The first-order chi connectivity index (χ1) is 8.68. The molecule has 0 unspecified atom stereocenters. The van der Waals surface area contributed by atoms with Crippen molar-refractivity contribution in [3.8, 4) is 5.75 Å². The molecule has 0 aliphatic carbocycles. The van der Waals surface area contributed by atoms with Crippen molar-refractivity contribution < 1.29 is 14.3 Å². The van der Waals surface area contributed by atoms with Crippen molar-refractivity contribution in [3.05, 3.63) is 53.9 Å². The Hall–Kier alpha value is -2.50. The molecule has 0 spiro atoms. The quantitative estimate of drug-likeness (QED) is 0.856. The van der Waals surface area contributed by atoms with Gasteiger partial charge >= 0.3 is 0 Å². The Kier molecular flexibility index (Phi) is 3.47. The number of aromatic hydroxyl groups is 1. The fraction of sp³-hybridized carbons (Fsp3) is 0.0833. The van der Waals surface area contributed by atoms with Gasteiger partial charge in [0.2, 0.25) is 0 Å². The standard InChI is InChI=1S/C12H10FN3O2/c13-9-2-1-3-10(17)11(9)12(18)15-6-8-4-5-14-7-16-8/h1-5,7,17H,6H2,(H,15,18). The predicted molar refractivity (Wildman–Crippen MR) is 61.3 cm³/mol. The predicted octanol–water partition coefficient (Wildman–Crippen LogP) is 1.25. The number of carbonyl (C=O) groups excluding carboxylic acids is 1. The smallest absolute Gasteiger partial charge is 0.258 e. The zero-order valence-corrected chi connectivity index (χ0v) is 9.30. The van der Waals surface area contributed by atoms with E-state index in [2.05, 4.69) is 15.3 Å². The van der Waals surface area contributed by atoms with Gasteiger partial charge in [0.05, 0.1) is 12.2 Å². The second-order valence-corrected chi connectivity index (χ2v) is 3.52. The van der Waals surface area contributed by atoms with Crippen molar-refractivity contribution >= 4 is 5.91 Å². The Bertz CT molecular complexity index is 540. The highest BCUT2D eigenvalue weighted by molar-refractivity contribution is 5.96. The molecule has 0 aliphatic heterocycles. The monoisotopic (exact) mass is 247 g/mol. The Balaban J connectivity index is 2.09. The highest BCUT2D eigenvalue weighted by atomic mass is 19.1. The molecular formula is C12H10FN3O2.